The van der Waals surface area contributed by atoms with E-state index < -0.39 is 10.9 Å². The number of rotatable bonds is 7. The fourth-order valence-electron chi connectivity index (χ4n) is 3.73. The van der Waals surface area contributed by atoms with Gasteiger partial charge in [-0.15, -0.1) is 0 Å². The molecule has 2 aromatic carbocycles. The molecule has 0 bridgehead atoms. The van der Waals surface area contributed by atoms with Gasteiger partial charge in [0.1, 0.15) is 5.82 Å². The van der Waals surface area contributed by atoms with E-state index in [0.29, 0.717) is 29.3 Å². The fourth-order valence-corrected chi connectivity index (χ4v) is 3.96. The summed E-state index contributed by atoms with van der Waals surface area (Å²) in [6.07, 6.45) is 2.42. The number of hydrogen-bond acceptors (Lipinski definition) is 8. The molecule has 1 amide bonds. The number of carbonyl (C=O) groups excluding carboxylic acids is 2. The normalized spacial score (nSPS) is 12.9. The van der Waals surface area contributed by atoms with Crippen LogP contribution in [0.4, 0.5) is 17.2 Å². The Hall–Kier alpha value is -4.05. The van der Waals surface area contributed by atoms with Gasteiger partial charge in [0.25, 0.3) is 11.6 Å². The van der Waals surface area contributed by atoms with Gasteiger partial charge in [0, 0.05) is 49.8 Å². The molecule has 180 valence electrons. The van der Waals surface area contributed by atoms with Crippen LogP contribution in [0, 0.1) is 10.1 Å². The van der Waals surface area contributed by atoms with E-state index >= 15 is 0 Å². The zero-order valence-electron chi connectivity index (χ0n) is 18.9. The molecule has 0 saturated carbocycles. The minimum Gasteiger partial charge on any atom is -0.419 e. The van der Waals surface area contributed by atoms with Crippen LogP contribution in [-0.2, 0) is 11.2 Å². The third-order valence-electron chi connectivity index (χ3n) is 5.42. The van der Waals surface area contributed by atoms with Crippen LogP contribution in [0.2, 0.25) is 5.15 Å². The highest BCUT2D eigenvalue weighted by Gasteiger charge is 2.24. The average molecular weight is 496 g/mol. The number of aromatic nitrogens is 2. The summed E-state index contributed by atoms with van der Waals surface area (Å²) < 4.78 is 5.29. The average Bonchev–Trinajstić information content (AvgIpc) is 3.36. The molecule has 1 aliphatic rings. The Kier molecular flexibility index (Phi) is 7.21. The highest BCUT2D eigenvalue weighted by molar-refractivity contribution is 6.31. The SMILES string of the molecule is CC(=O)Oc1c(Cl)nc(Cc2ccc(NC(=O)c3ccc([N+](=O)[O-])cc3)cc2)nc1N1CCCC1. The predicted octanol–water partition coefficient (Wildman–Crippen LogP) is 4.41. The lowest BCUT2D eigenvalue weighted by atomic mass is 10.1. The summed E-state index contributed by atoms with van der Waals surface area (Å²) in [4.78, 5) is 45.2. The molecule has 2 heterocycles. The molecule has 1 fully saturated rings. The molecule has 1 saturated heterocycles. The van der Waals surface area contributed by atoms with E-state index in [1.54, 1.807) is 12.1 Å². The van der Waals surface area contributed by atoms with Gasteiger partial charge >= 0.3 is 5.97 Å². The summed E-state index contributed by atoms with van der Waals surface area (Å²) >= 11 is 6.35. The number of nitrogens with one attached hydrogen (secondary N) is 1. The Labute approximate surface area is 206 Å². The van der Waals surface area contributed by atoms with Gasteiger partial charge in [-0.05, 0) is 42.7 Å². The van der Waals surface area contributed by atoms with Crippen molar-refractivity contribution in [3.8, 4) is 5.75 Å². The van der Waals surface area contributed by atoms with Crippen molar-refractivity contribution in [1.29, 1.82) is 0 Å². The fraction of sp³-hybridized carbons (Fsp3) is 0.250. The summed E-state index contributed by atoms with van der Waals surface area (Å²) in [5.74, 6) is 0.304. The molecule has 0 spiro atoms. The second-order valence-corrected chi connectivity index (χ2v) is 8.36. The van der Waals surface area contributed by atoms with E-state index in [4.69, 9.17) is 16.3 Å². The van der Waals surface area contributed by atoms with E-state index in [0.717, 1.165) is 31.5 Å². The zero-order valence-corrected chi connectivity index (χ0v) is 19.6. The Bertz CT molecular complexity index is 1260. The lowest BCUT2D eigenvalue weighted by Crippen LogP contribution is -2.22. The second kappa shape index (κ2) is 10.5. The molecule has 0 atom stereocenters. The topological polar surface area (TPSA) is 128 Å². The molecule has 0 aliphatic carbocycles. The molecule has 10 nitrogen and oxygen atoms in total. The number of ether oxygens (including phenoxy) is 1. The minimum atomic E-state index is -0.519. The first-order valence-corrected chi connectivity index (χ1v) is 11.3. The van der Waals surface area contributed by atoms with Crippen LogP contribution < -0.4 is 15.0 Å². The molecule has 3 aromatic rings. The lowest BCUT2D eigenvalue weighted by molar-refractivity contribution is -0.384. The van der Waals surface area contributed by atoms with Gasteiger partial charge < -0.3 is 15.0 Å². The monoisotopic (exact) mass is 495 g/mol. The van der Waals surface area contributed by atoms with Crippen LogP contribution in [0.3, 0.4) is 0 Å². The number of nitro groups is 1. The predicted molar refractivity (Wildman–Crippen MR) is 130 cm³/mol. The van der Waals surface area contributed by atoms with Gasteiger partial charge in [0.2, 0.25) is 5.75 Å². The summed E-state index contributed by atoms with van der Waals surface area (Å²) in [6, 6.07) is 12.5. The lowest BCUT2D eigenvalue weighted by Gasteiger charge is -2.20. The van der Waals surface area contributed by atoms with E-state index in [1.165, 1.54) is 31.2 Å². The molecule has 0 radical (unpaired) electrons. The van der Waals surface area contributed by atoms with Crippen LogP contribution in [0.5, 0.6) is 5.75 Å². The molecule has 4 rings (SSSR count). The summed E-state index contributed by atoms with van der Waals surface area (Å²) in [6.45, 7) is 2.90. The third kappa shape index (κ3) is 5.90. The number of nitrogens with zero attached hydrogens (tertiary/aromatic N) is 4. The van der Waals surface area contributed by atoms with Crippen molar-refractivity contribution in [2.45, 2.75) is 26.2 Å². The van der Waals surface area contributed by atoms with Crippen LogP contribution in [0.15, 0.2) is 48.5 Å². The largest absolute Gasteiger partial charge is 0.419 e. The standard InChI is InChI=1S/C24H22ClN5O5/c1-15(31)35-21-22(25)27-20(28-23(21)29-12-2-3-13-29)14-16-4-8-18(9-5-16)26-24(32)17-6-10-19(11-7-17)30(33)34/h4-11H,2-3,12-14H2,1H3,(H,26,32). The van der Waals surface area contributed by atoms with Gasteiger partial charge in [-0.1, -0.05) is 23.7 Å². The molecule has 1 N–H and O–H groups in total. The van der Waals surface area contributed by atoms with Crippen molar-refractivity contribution in [3.05, 3.63) is 80.7 Å². The molecular weight excluding hydrogens is 474 g/mol. The highest BCUT2D eigenvalue weighted by atomic mass is 35.5. The van der Waals surface area contributed by atoms with Crippen molar-refractivity contribution in [2.75, 3.05) is 23.3 Å². The third-order valence-corrected chi connectivity index (χ3v) is 5.67. The van der Waals surface area contributed by atoms with Crippen LogP contribution in [0.25, 0.3) is 0 Å². The zero-order chi connectivity index (χ0) is 24.9. The van der Waals surface area contributed by atoms with Gasteiger partial charge in [-0.25, -0.2) is 9.97 Å². The number of halogens is 1. The number of non-ortho nitro benzene ring substituents is 1. The van der Waals surface area contributed by atoms with Crippen LogP contribution in [0.1, 0.15) is 41.5 Å². The molecule has 0 unspecified atom stereocenters. The maximum absolute atomic E-state index is 12.4. The maximum Gasteiger partial charge on any atom is 0.308 e. The van der Waals surface area contributed by atoms with Crippen LogP contribution >= 0.6 is 11.6 Å². The number of hydrogen-bond donors (Lipinski definition) is 1. The van der Waals surface area contributed by atoms with Crippen LogP contribution in [-0.4, -0.2) is 39.9 Å². The van der Waals surface area contributed by atoms with E-state index in [-0.39, 0.29) is 22.5 Å². The second-order valence-electron chi connectivity index (χ2n) is 8.00. The maximum atomic E-state index is 12.4. The first kappa shape index (κ1) is 24.1. The number of amides is 1. The van der Waals surface area contributed by atoms with Crippen molar-refractivity contribution < 1.29 is 19.2 Å². The Morgan fingerprint density at radius 1 is 1.09 bits per heavy atom. The summed E-state index contributed by atoms with van der Waals surface area (Å²) in [5.41, 5.74) is 1.69. The Morgan fingerprint density at radius 2 is 1.74 bits per heavy atom. The van der Waals surface area contributed by atoms with Gasteiger partial charge in [-0.2, -0.15) is 0 Å². The quantitative estimate of drug-likeness (QED) is 0.221. The first-order valence-electron chi connectivity index (χ1n) is 10.9. The van der Waals surface area contributed by atoms with Crippen molar-refractivity contribution in [2.24, 2.45) is 0 Å². The Morgan fingerprint density at radius 3 is 2.34 bits per heavy atom. The Balaban J connectivity index is 1.47. The van der Waals surface area contributed by atoms with Gasteiger partial charge in [-0.3, -0.25) is 19.7 Å². The number of carbonyl (C=O) groups is 2. The highest BCUT2D eigenvalue weighted by Crippen LogP contribution is 2.35. The van der Waals surface area contributed by atoms with Gasteiger partial charge in [0.15, 0.2) is 11.0 Å². The molecule has 1 aliphatic heterocycles. The van der Waals surface area contributed by atoms with Gasteiger partial charge in [0.05, 0.1) is 4.92 Å². The summed E-state index contributed by atoms with van der Waals surface area (Å²) in [5, 5.41) is 13.6. The molecule has 35 heavy (non-hydrogen) atoms. The number of benzene rings is 2. The van der Waals surface area contributed by atoms with Crippen molar-refractivity contribution in [1.82, 2.24) is 9.97 Å². The number of anilines is 2. The number of nitro benzene ring substituents is 1. The molecule has 1 aromatic heterocycles. The van der Waals surface area contributed by atoms with Crippen molar-refractivity contribution >= 4 is 40.7 Å². The number of esters is 1. The van der Waals surface area contributed by atoms with Crippen molar-refractivity contribution in [3.63, 3.8) is 0 Å². The first-order chi connectivity index (χ1) is 16.8. The van der Waals surface area contributed by atoms with E-state index in [2.05, 4.69) is 15.3 Å². The smallest absolute Gasteiger partial charge is 0.308 e. The van der Waals surface area contributed by atoms with E-state index in [9.17, 15) is 19.7 Å². The summed E-state index contributed by atoms with van der Waals surface area (Å²) in [7, 11) is 0. The van der Waals surface area contributed by atoms with E-state index in [1.807, 2.05) is 17.0 Å². The molecule has 11 heteroatoms. The molecular formula is C24H22ClN5O5. The minimum absolute atomic E-state index is 0.0815.